The van der Waals surface area contributed by atoms with Crippen LogP contribution in [0.15, 0.2) is 24.3 Å². The number of rotatable bonds is 20. The van der Waals surface area contributed by atoms with Crippen molar-refractivity contribution in [2.75, 3.05) is 53.7 Å². The molecule has 0 saturated carbocycles. The number of hydrogen-bond acceptors (Lipinski definition) is 12. The van der Waals surface area contributed by atoms with E-state index in [1.807, 2.05) is 65.8 Å². The van der Waals surface area contributed by atoms with E-state index in [0.717, 1.165) is 56.1 Å². The number of epoxide rings is 1. The second kappa shape index (κ2) is 29.2. The van der Waals surface area contributed by atoms with Gasteiger partial charge in [0.2, 0.25) is 0 Å². The maximum Gasteiger partial charge on any atom is 0.408 e. The lowest BCUT2D eigenvalue weighted by Gasteiger charge is -2.28. The lowest BCUT2D eigenvalue weighted by atomic mass is 9.92. The molecule has 16 heteroatoms. The van der Waals surface area contributed by atoms with Crippen LogP contribution >= 0.6 is 0 Å². The van der Waals surface area contributed by atoms with Gasteiger partial charge in [-0.3, -0.25) is 4.79 Å². The van der Waals surface area contributed by atoms with E-state index in [2.05, 4.69) is 31.2 Å². The summed E-state index contributed by atoms with van der Waals surface area (Å²) in [6, 6.07) is 7.50. The van der Waals surface area contributed by atoms with Crippen LogP contribution in [0, 0.1) is 0 Å². The Morgan fingerprint density at radius 2 is 1.13 bits per heavy atom. The first kappa shape index (κ1) is 50.8. The summed E-state index contributed by atoms with van der Waals surface area (Å²) in [5, 5.41) is 8.27. The first-order chi connectivity index (χ1) is 25.1. The fourth-order valence-electron chi connectivity index (χ4n) is 4.39. The van der Waals surface area contributed by atoms with Gasteiger partial charge in [0.25, 0.3) is 6.47 Å². The summed E-state index contributed by atoms with van der Waals surface area (Å²) in [4.78, 5) is 54.5. The SMILES string of the molecule is CC.CCOC(=O)NCCCCCNC(=O)OC(C)(C)c1ccc(C(C)(C)OC(=O)NCCCCCC2(OC)CO2)cc1.CCOC(N)=O.COC=O.[HH].[HH].[HH].[HH]. The van der Waals surface area contributed by atoms with Crippen LogP contribution < -0.4 is 21.7 Å². The quantitative estimate of drug-likeness (QED) is 0.0443. The third-order valence-corrected chi connectivity index (χ3v) is 7.36. The lowest BCUT2D eigenvalue weighted by molar-refractivity contribution is -0.126. The minimum absolute atomic E-state index is 0. The van der Waals surface area contributed by atoms with Gasteiger partial charge in [0.05, 0.1) is 20.3 Å². The molecule has 1 unspecified atom stereocenters. The summed E-state index contributed by atoms with van der Waals surface area (Å²) in [5.41, 5.74) is 4.48. The van der Waals surface area contributed by atoms with Gasteiger partial charge in [-0.1, -0.05) is 44.5 Å². The number of alkyl carbamates (subject to hydrolysis) is 3. The summed E-state index contributed by atoms with van der Waals surface area (Å²) in [7, 11) is 2.98. The molecule has 2 rings (SSSR count). The number of primary amides is 1. The molecule has 0 radical (unpaired) electrons. The van der Waals surface area contributed by atoms with Crippen LogP contribution in [-0.2, 0) is 49.2 Å². The Morgan fingerprint density at radius 3 is 1.43 bits per heavy atom. The van der Waals surface area contributed by atoms with Gasteiger partial charge in [0.15, 0.2) is 5.79 Å². The van der Waals surface area contributed by atoms with E-state index >= 15 is 0 Å². The zero-order valence-electron chi connectivity index (χ0n) is 33.6. The summed E-state index contributed by atoms with van der Waals surface area (Å²) < 4.78 is 34.8. The average molecular weight is 767 g/mol. The number of nitrogens with two attached hydrogens (primary N) is 1. The molecule has 4 amide bonds. The molecule has 314 valence electrons. The van der Waals surface area contributed by atoms with Crippen LogP contribution in [0.2, 0.25) is 0 Å². The molecule has 16 nitrogen and oxygen atoms in total. The molecule has 0 aromatic heterocycles. The number of hydrogen-bond donors (Lipinski definition) is 4. The normalized spacial score (nSPS) is 14.1. The maximum absolute atomic E-state index is 12.4. The van der Waals surface area contributed by atoms with Crippen molar-refractivity contribution in [2.24, 2.45) is 5.73 Å². The van der Waals surface area contributed by atoms with Crippen LogP contribution in [0.4, 0.5) is 19.2 Å². The van der Waals surface area contributed by atoms with Crippen LogP contribution in [0.25, 0.3) is 0 Å². The van der Waals surface area contributed by atoms with Crippen LogP contribution in [0.3, 0.4) is 0 Å². The molecular weight excluding hydrogens is 692 g/mol. The largest absolute Gasteiger partial charge is 0.471 e. The number of ether oxygens (including phenoxy) is 7. The molecule has 1 fully saturated rings. The number of unbranched alkanes of at least 4 members (excludes halogenated alkanes) is 4. The minimum atomic E-state index is -0.858. The number of carbonyl (C=O) groups excluding carboxylic acids is 5. The van der Waals surface area contributed by atoms with E-state index in [0.29, 0.717) is 45.9 Å². The fraction of sp³-hybridized carbons (Fsp3) is 0.703. The number of nitrogens with one attached hydrogen (secondary N) is 3. The highest BCUT2D eigenvalue weighted by Gasteiger charge is 2.44. The number of carbonyl (C=O) groups is 5. The summed E-state index contributed by atoms with van der Waals surface area (Å²) in [5.74, 6) is -0.368. The van der Waals surface area contributed by atoms with Gasteiger partial charge in [0, 0.05) is 38.9 Å². The third-order valence-electron chi connectivity index (χ3n) is 7.36. The van der Waals surface area contributed by atoms with Crippen LogP contribution in [0.5, 0.6) is 0 Å². The van der Waals surface area contributed by atoms with Crippen molar-refractivity contribution in [1.82, 2.24) is 16.0 Å². The Labute approximate surface area is 321 Å². The van der Waals surface area contributed by atoms with E-state index in [9.17, 15) is 19.2 Å². The topological polar surface area (TPSA) is 215 Å². The maximum atomic E-state index is 12.4. The Morgan fingerprint density at radius 1 is 0.755 bits per heavy atom. The highest BCUT2D eigenvalue weighted by atomic mass is 16.8. The van der Waals surface area contributed by atoms with E-state index in [4.69, 9.17) is 28.5 Å². The Balaban J connectivity index is -0.000000357. The molecule has 0 spiro atoms. The molecular formula is C37H74N4O12. The zero-order valence-corrected chi connectivity index (χ0v) is 33.6. The summed E-state index contributed by atoms with van der Waals surface area (Å²) in [6.45, 7) is 18.1. The van der Waals surface area contributed by atoms with E-state index in [-0.39, 0.29) is 11.5 Å². The monoisotopic (exact) mass is 767 g/mol. The molecule has 5 N–H and O–H groups in total. The fourth-order valence-corrected chi connectivity index (χ4v) is 4.39. The first-order valence-electron chi connectivity index (χ1n) is 18.1. The molecule has 1 heterocycles. The molecule has 53 heavy (non-hydrogen) atoms. The molecule has 1 aliphatic heterocycles. The van der Waals surface area contributed by atoms with Crippen molar-refractivity contribution in [1.29, 1.82) is 0 Å². The highest BCUT2D eigenvalue weighted by molar-refractivity contribution is 5.68. The number of benzene rings is 1. The van der Waals surface area contributed by atoms with Crippen LogP contribution in [0.1, 0.15) is 117 Å². The highest BCUT2D eigenvalue weighted by Crippen LogP contribution is 2.33. The van der Waals surface area contributed by atoms with Gasteiger partial charge in [-0.15, -0.1) is 0 Å². The Bertz CT molecular complexity index is 1180. The van der Waals surface area contributed by atoms with Gasteiger partial charge in [0.1, 0.15) is 17.8 Å². The van der Waals surface area contributed by atoms with Crippen LogP contribution in [-0.4, -0.2) is 90.3 Å². The summed E-state index contributed by atoms with van der Waals surface area (Å²) in [6.07, 6.45) is 3.97. The average Bonchev–Trinajstić information content (AvgIpc) is 3.90. The lowest BCUT2D eigenvalue weighted by Crippen LogP contribution is -2.34. The zero-order chi connectivity index (χ0) is 40.8. The third kappa shape index (κ3) is 25.3. The molecule has 0 bridgehead atoms. The Hall–Kier alpha value is -4.31. The number of methoxy groups -OCH3 is 2. The molecule has 1 saturated heterocycles. The van der Waals surface area contributed by atoms with Crippen molar-refractivity contribution in [3.05, 3.63) is 35.4 Å². The van der Waals surface area contributed by atoms with Crippen molar-refractivity contribution >= 4 is 30.8 Å². The van der Waals surface area contributed by atoms with E-state index in [1.165, 1.54) is 7.11 Å². The minimum Gasteiger partial charge on any atom is -0.471 e. The molecule has 1 atom stereocenters. The van der Waals surface area contributed by atoms with E-state index < -0.39 is 35.6 Å². The predicted octanol–water partition coefficient (Wildman–Crippen LogP) is 7.36. The molecule has 1 aliphatic rings. The van der Waals surface area contributed by atoms with Crippen molar-refractivity contribution < 1.29 is 62.8 Å². The van der Waals surface area contributed by atoms with Gasteiger partial charge in [-0.05, 0) is 84.8 Å². The molecule has 1 aromatic carbocycles. The molecule has 1 aromatic rings. The second-order valence-corrected chi connectivity index (χ2v) is 12.2. The summed E-state index contributed by atoms with van der Waals surface area (Å²) >= 11 is 0. The smallest absolute Gasteiger partial charge is 0.408 e. The van der Waals surface area contributed by atoms with Gasteiger partial charge in [-0.25, -0.2) is 19.2 Å². The van der Waals surface area contributed by atoms with Gasteiger partial charge < -0.3 is 54.8 Å². The van der Waals surface area contributed by atoms with Crippen molar-refractivity contribution in [3.63, 3.8) is 0 Å². The second-order valence-electron chi connectivity index (χ2n) is 12.2. The van der Waals surface area contributed by atoms with Gasteiger partial charge >= 0.3 is 24.4 Å². The van der Waals surface area contributed by atoms with E-state index in [1.54, 1.807) is 21.0 Å². The van der Waals surface area contributed by atoms with Crippen molar-refractivity contribution in [2.45, 2.75) is 117 Å². The van der Waals surface area contributed by atoms with Crippen molar-refractivity contribution in [3.8, 4) is 0 Å². The number of amides is 4. The molecule has 0 aliphatic carbocycles. The standard InChI is InChI=1S/C30H49N3O8.C3H7NO2.C2H4O2.C2H6.4H2/c1-7-38-25(34)31-19-12-9-13-21-33-27(36)41-29(4,5)24-16-14-23(15-17-24)28(2,3)40-26(35)32-20-11-8-10-18-30(37-6)22-39-30;1-2-6-3(4)5;1-4-2-3;1-2;;;;/h14-17H,7-13,18-22H2,1-6H3,(H,31,34)(H,32,35)(H,33,36);2H2,1H3,(H2,4,5);2H,1H3;1-2H3;4*1H. The van der Waals surface area contributed by atoms with Gasteiger partial charge in [-0.2, -0.15) is 0 Å². The Kier molecular flexibility index (Phi) is 28.0. The first-order valence-corrected chi connectivity index (χ1v) is 18.1. The predicted molar refractivity (Wildman–Crippen MR) is 209 cm³/mol.